The summed E-state index contributed by atoms with van der Waals surface area (Å²) in [5.41, 5.74) is 0.819. The number of aliphatic hydroxyl groups is 1. The van der Waals surface area contributed by atoms with Crippen LogP contribution in [0.5, 0.6) is 0 Å². The van der Waals surface area contributed by atoms with Crippen molar-refractivity contribution in [1.29, 1.82) is 0 Å². The second-order valence-electron chi connectivity index (χ2n) is 6.09. The Morgan fingerprint density at radius 2 is 1.96 bits per heavy atom. The van der Waals surface area contributed by atoms with E-state index in [1.54, 1.807) is 12.1 Å². The van der Waals surface area contributed by atoms with Gasteiger partial charge in [-0.3, -0.25) is 4.79 Å². The summed E-state index contributed by atoms with van der Waals surface area (Å²) in [6, 6.07) is 7.33. The van der Waals surface area contributed by atoms with Gasteiger partial charge in [0.2, 0.25) is 17.6 Å². The molecule has 24 heavy (non-hydrogen) atoms. The highest BCUT2D eigenvalue weighted by Crippen LogP contribution is 2.20. The van der Waals surface area contributed by atoms with Crippen molar-refractivity contribution < 1.29 is 14.4 Å². The Morgan fingerprint density at radius 3 is 2.67 bits per heavy atom. The summed E-state index contributed by atoms with van der Waals surface area (Å²) in [5.74, 6) is 0.903. The van der Waals surface area contributed by atoms with Crippen molar-refractivity contribution in [2.45, 2.75) is 50.7 Å². The van der Waals surface area contributed by atoms with Crippen LogP contribution in [-0.2, 0) is 11.2 Å². The Morgan fingerprint density at radius 1 is 1.25 bits per heavy atom. The smallest absolute Gasteiger partial charge is 0.227 e. The van der Waals surface area contributed by atoms with Gasteiger partial charge in [-0.05, 0) is 49.9 Å². The van der Waals surface area contributed by atoms with Crippen LogP contribution in [0.1, 0.15) is 38.0 Å². The monoisotopic (exact) mass is 349 g/mol. The first kappa shape index (κ1) is 16.9. The van der Waals surface area contributed by atoms with Crippen molar-refractivity contribution in [2.75, 3.05) is 0 Å². The Bertz CT molecular complexity index is 679. The molecule has 0 atom stereocenters. The van der Waals surface area contributed by atoms with Crippen LogP contribution in [0.25, 0.3) is 11.4 Å². The number of carbonyl (C=O) groups is 1. The summed E-state index contributed by atoms with van der Waals surface area (Å²) >= 11 is 5.85. The van der Waals surface area contributed by atoms with Gasteiger partial charge in [-0.2, -0.15) is 4.98 Å². The van der Waals surface area contributed by atoms with Gasteiger partial charge in [0.1, 0.15) is 0 Å². The topological polar surface area (TPSA) is 88.2 Å². The van der Waals surface area contributed by atoms with Crippen LogP contribution < -0.4 is 5.32 Å². The van der Waals surface area contributed by atoms with E-state index in [9.17, 15) is 9.90 Å². The van der Waals surface area contributed by atoms with Crippen molar-refractivity contribution >= 4 is 17.5 Å². The van der Waals surface area contributed by atoms with Gasteiger partial charge in [0.05, 0.1) is 6.10 Å². The molecule has 1 saturated carbocycles. The van der Waals surface area contributed by atoms with E-state index in [4.69, 9.17) is 16.1 Å². The molecule has 0 spiro atoms. The summed E-state index contributed by atoms with van der Waals surface area (Å²) in [6.45, 7) is 0. The molecule has 2 aromatic rings. The molecule has 1 aliphatic carbocycles. The van der Waals surface area contributed by atoms with E-state index in [0.717, 1.165) is 31.2 Å². The van der Waals surface area contributed by atoms with Crippen LogP contribution in [0.2, 0.25) is 5.02 Å². The average molecular weight is 350 g/mol. The number of rotatable bonds is 5. The summed E-state index contributed by atoms with van der Waals surface area (Å²) in [7, 11) is 0. The van der Waals surface area contributed by atoms with Gasteiger partial charge >= 0.3 is 0 Å². The van der Waals surface area contributed by atoms with Crippen LogP contribution in [0, 0.1) is 0 Å². The Labute approximate surface area is 145 Å². The van der Waals surface area contributed by atoms with Crippen LogP contribution in [0.15, 0.2) is 28.8 Å². The van der Waals surface area contributed by atoms with E-state index in [1.807, 2.05) is 12.1 Å². The normalized spacial score (nSPS) is 20.8. The maximum Gasteiger partial charge on any atom is 0.227 e. The SMILES string of the molecule is O=C(CCc1nc(-c2ccc(Cl)cc2)no1)NC1CCC(O)CC1. The minimum Gasteiger partial charge on any atom is -0.393 e. The van der Waals surface area contributed by atoms with Gasteiger partial charge < -0.3 is 14.9 Å². The van der Waals surface area contributed by atoms with E-state index < -0.39 is 0 Å². The van der Waals surface area contributed by atoms with E-state index in [0.29, 0.717) is 29.6 Å². The zero-order valence-corrected chi connectivity index (χ0v) is 14.0. The summed E-state index contributed by atoms with van der Waals surface area (Å²) < 4.78 is 5.20. The number of aryl methyl sites for hydroxylation is 1. The second-order valence-corrected chi connectivity index (χ2v) is 6.53. The molecule has 1 heterocycles. The number of nitrogens with zero attached hydrogens (tertiary/aromatic N) is 2. The van der Waals surface area contributed by atoms with Crippen LogP contribution >= 0.6 is 11.6 Å². The summed E-state index contributed by atoms with van der Waals surface area (Å²) in [6.07, 6.45) is 3.65. The average Bonchev–Trinajstić information content (AvgIpc) is 3.05. The number of halogens is 1. The molecule has 1 aromatic heterocycles. The van der Waals surface area contributed by atoms with E-state index in [-0.39, 0.29) is 18.1 Å². The lowest BCUT2D eigenvalue weighted by Crippen LogP contribution is -2.38. The van der Waals surface area contributed by atoms with Crippen LogP contribution in [0.4, 0.5) is 0 Å². The molecular weight excluding hydrogens is 330 g/mol. The molecule has 3 rings (SSSR count). The van der Waals surface area contributed by atoms with Gasteiger partial charge in [0.15, 0.2) is 0 Å². The highest BCUT2D eigenvalue weighted by molar-refractivity contribution is 6.30. The fraction of sp³-hybridized carbons (Fsp3) is 0.471. The molecule has 7 heteroatoms. The molecular formula is C17H20ClN3O3. The Hall–Kier alpha value is -1.92. The predicted molar refractivity (Wildman–Crippen MR) is 89.5 cm³/mol. The number of carbonyl (C=O) groups excluding carboxylic acids is 1. The fourth-order valence-electron chi connectivity index (χ4n) is 2.81. The van der Waals surface area contributed by atoms with Gasteiger partial charge in [-0.15, -0.1) is 0 Å². The number of aromatic nitrogens is 2. The van der Waals surface area contributed by atoms with Gasteiger partial charge in [0, 0.05) is 29.5 Å². The van der Waals surface area contributed by atoms with Crippen molar-refractivity contribution in [2.24, 2.45) is 0 Å². The molecule has 128 valence electrons. The maximum absolute atomic E-state index is 12.0. The molecule has 2 N–H and O–H groups in total. The third-order valence-electron chi connectivity index (χ3n) is 4.20. The van der Waals surface area contributed by atoms with Gasteiger partial charge in [-0.1, -0.05) is 16.8 Å². The largest absolute Gasteiger partial charge is 0.393 e. The Balaban J connectivity index is 1.48. The number of hydrogen-bond acceptors (Lipinski definition) is 5. The Kier molecular flexibility index (Phi) is 5.48. The van der Waals surface area contributed by atoms with Gasteiger partial charge in [-0.25, -0.2) is 0 Å². The predicted octanol–water partition coefficient (Wildman–Crippen LogP) is 2.74. The number of benzene rings is 1. The number of amides is 1. The highest BCUT2D eigenvalue weighted by Gasteiger charge is 2.21. The van der Waals surface area contributed by atoms with Crippen molar-refractivity contribution in [3.63, 3.8) is 0 Å². The van der Waals surface area contributed by atoms with Crippen molar-refractivity contribution in [3.8, 4) is 11.4 Å². The lowest BCUT2D eigenvalue weighted by atomic mass is 9.93. The number of nitrogens with one attached hydrogen (secondary N) is 1. The quantitative estimate of drug-likeness (QED) is 0.866. The maximum atomic E-state index is 12.0. The first-order valence-electron chi connectivity index (χ1n) is 8.16. The summed E-state index contributed by atoms with van der Waals surface area (Å²) in [4.78, 5) is 16.3. The molecule has 1 fully saturated rings. The fourth-order valence-corrected chi connectivity index (χ4v) is 2.94. The van der Waals surface area contributed by atoms with Crippen LogP contribution in [0.3, 0.4) is 0 Å². The van der Waals surface area contributed by atoms with E-state index >= 15 is 0 Å². The molecule has 1 aromatic carbocycles. The molecule has 0 radical (unpaired) electrons. The molecule has 6 nitrogen and oxygen atoms in total. The third kappa shape index (κ3) is 4.55. The molecule has 1 aliphatic rings. The number of hydrogen-bond donors (Lipinski definition) is 2. The molecule has 1 amide bonds. The lowest BCUT2D eigenvalue weighted by molar-refractivity contribution is -0.122. The molecule has 0 aliphatic heterocycles. The minimum absolute atomic E-state index is 0.0253. The lowest BCUT2D eigenvalue weighted by Gasteiger charge is -2.26. The third-order valence-corrected chi connectivity index (χ3v) is 4.45. The van der Waals surface area contributed by atoms with E-state index in [1.165, 1.54) is 0 Å². The zero-order valence-electron chi connectivity index (χ0n) is 13.2. The molecule has 0 saturated heterocycles. The van der Waals surface area contributed by atoms with Gasteiger partial charge in [0.25, 0.3) is 0 Å². The first-order valence-corrected chi connectivity index (χ1v) is 8.54. The molecule has 0 unspecified atom stereocenters. The zero-order chi connectivity index (χ0) is 16.9. The first-order chi connectivity index (χ1) is 11.6. The highest BCUT2D eigenvalue weighted by atomic mass is 35.5. The molecule has 0 bridgehead atoms. The summed E-state index contributed by atoms with van der Waals surface area (Å²) in [5, 5.41) is 17.1. The van der Waals surface area contributed by atoms with Crippen molar-refractivity contribution in [3.05, 3.63) is 35.2 Å². The standard InChI is InChI=1S/C17H20ClN3O3/c18-12-3-1-11(2-4-12)17-20-16(24-21-17)10-9-15(23)19-13-5-7-14(22)8-6-13/h1-4,13-14,22H,5-10H2,(H,19,23). The minimum atomic E-state index is -0.220. The van der Waals surface area contributed by atoms with Crippen molar-refractivity contribution in [1.82, 2.24) is 15.5 Å². The van der Waals surface area contributed by atoms with E-state index in [2.05, 4.69) is 15.5 Å². The second kappa shape index (κ2) is 7.77. The van der Waals surface area contributed by atoms with Crippen LogP contribution in [-0.4, -0.2) is 33.3 Å². The number of aliphatic hydroxyl groups excluding tert-OH is 1.